The summed E-state index contributed by atoms with van der Waals surface area (Å²) >= 11 is 0. The molecule has 0 bridgehead atoms. The molecule has 0 aromatic carbocycles. The number of phosphoric ester groups is 2. The number of phosphoric acid groups is 2. The molecule has 0 aliphatic carbocycles. The zero-order valence-electron chi connectivity index (χ0n) is 64.3. The van der Waals surface area contributed by atoms with Gasteiger partial charge in [0.05, 0.1) is 26.4 Å². The van der Waals surface area contributed by atoms with E-state index in [4.69, 9.17) is 37.0 Å². The largest absolute Gasteiger partial charge is 0.472 e. The van der Waals surface area contributed by atoms with Gasteiger partial charge >= 0.3 is 39.5 Å². The van der Waals surface area contributed by atoms with E-state index >= 15 is 0 Å². The Morgan fingerprint density at radius 2 is 0.529 bits per heavy atom. The zero-order chi connectivity index (χ0) is 74.6. The van der Waals surface area contributed by atoms with Crippen LogP contribution in [0.15, 0.2) is 109 Å². The molecule has 0 rings (SSSR count). The Morgan fingerprint density at radius 1 is 0.284 bits per heavy atom. The van der Waals surface area contributed by atoms with Crippen molar-refractivity contribution in [3.05, 3.63) is 109 Å². The molecule has 5 atom stereocenters. The lowest BCUT2D eigenvalue weighted by molar-refractivity contribution is -0.161. The summed E-state index contributed by atoms with van der Waals surface area (Å²) in [6.45, 7) is 4.65. The maximum Gasteiger partial charge on any atom is 0.472 e. The van der Waals surface area contributed by atoms with Gasteiger partial charge in [-0.15, -0.1) is 0 Å². The normalized spacial score (nSPS) is 14.5. The highest BCUT2D eigenvalue weighted by atomic mass is 31.2. The van der Waals surface area contributed by atoms with Gasteiger partial charge in [-0.3, -0.25) is 37.3 Å². The number of unbranched alkanes of at least 4 members (excludes halogenated alkanes) is 31. The Hall–Kier alpha value is -4.28. The number of aliphatic hydroxyl groups is 1. The van der Waals surface area contributed by atoms with E-state index in [2.05, 4.69) is 119 Å². The number of carbonyl (C=O) groups is 4. The molecule has 0 saturated heterocycles. The van der Waals surface area contributed by atoms with Gasteiger partial charge in [0.15, 0.2) is 12.2 Å². The summed E-state index contributed by atoms with van der Waals surface area (Å²) in [6, 6.07) is 0. The van der Waals surface area contributed by atoms with E-state index in [1.54, 1.807) is 0 Å². The topological polar surface area (TPSA) is 237 Å². The van der Waals surface area contributed by atoms with E-state index in [1.165, 1.54) is 89.9 Å². The minimum absolute atomic E-state index is 0.0324. The van der Waals surface area contributed by atoms with Gasteiger partial charge in [0.25, 0.3) is 0 Å². The molecule has 102 heavy (non-hydrogen) atoms. The molecule has 17 nitrogen and oxygen atoms in total. The van der Waals surface area contributed by atoms with E-state index in [9.17, 15) is 43.2 Å². The molecule has 0 amide bonds. The minimum atomic E-state index is -5.00. The average Bonchev–Trinajstić information content (AvgIpc) is 0.924. The Bertz CT molecular complexity index is 2360. The summed E-state index contributed by atoms with van der Waals surface area (Å²) in [5, 5.41) is 10.6. The summed E-state index contributed by atoms with van der Waals surface area (Å²) in [6.07, 6.45) is 80.8. The molecule has 0 aromatic heterocycles. The van der Waals surface area contributed by atoms with Crippen molar-refractivity contribution in [1.82, 2.24) is 0 Å². The summed E-state index contributed by atoms with van der Waals surface area (Å²) in [5.74, 6) is -2.28. The first-order valence-electron chi connectivity index (χ1n) is 40.1. The van der Waals surface area contributed by atoms with Crippen LogP contribution in [0, 0.1) is 0 Å². The number of allylic oxidation sites excluding steroid dienone is 18. The number of hydrogen-bond donors (Lipinski definition) is 3. The van der Waals surface area contributed by atoms with Gasteiger partial charge in [-0.1, -0.05) is 278 Å². The first-order chi connectivity index (χ1) is 49.7. The standard InChI is InChI=1S/C83H144O17P2/c1-5-9-13-17-21-25-29-33-36-37-38-39-42-46-50-54-58-62-66-70-83(88)100-78(73-93-80(85)67-63-59-55-51-47-43-32-28-24-20-16-12-8-4)75-97-101(89,90)95-71-77(84)72-96-102(91,92)98-76-79(99-82(87)69-65-61-57-53-49-45-41-35-31-27-23-19-15-11-7-3)74-94-81(86)68-64-60-56-52-48-44-40-34-30-26-22-18-14-10-6-2/h9,13,21,25-28,30-33,36,38-39,46,50,58,62,77-79,84H,5-8,10-12,14-20,22-24,29,34-35,37,40-45,47-49,51-57,59-61,63-76H2,1-4H3,(H,89,90)(H,91,92)/b13-9-,25-21-,30-26-,31-27-,32-28-,36-33-,39-38-,50-46-,62-58-/t77-,78+,79+/m0/s1. The van der Waals surface area contributed by atoms with E-state index < -0.39 is 97.5 Å². The van der Waals surface area contributed by atoms with Crippen LogP contribution in [-0.4, -0.2) is 96.7 Å². The molecule has 0 radical (unpaired) electrons. The second-order valence-electron chi connectivity index (χ2n) is 26.6. The van der Waals surface area contributed by atoms with E-state index in [1.807, 2.05) is 18.2 Å². The van der Waals surface area contributed by atoms with Crippen molar-refractivity contribution in [3.63, 3.8) is 0 Å². The highest BCUT2D eigenvalue weighted by Crippen LogP contribution is 2.45. The Labute approximate surface area is 619 Å². The molecule has 0 aliphatic heterocycles. The summed E-state index contributed by atoms with van der Waals surface area (Å²) in [5.41, 5.74) is 0. The summed E-state index contributed by atoms with van der Waals surface area (Å²) < 4.78 is 68.5. The van der Waals surface area contributed by atoms with Crippen LogP contribution in [0.3, 0.4) is 0 Å². The van der Waals surface area contributed by atoms with Crippen molar-refractivity contribution in [3.8, 4) is 0 Å². The fourth-order valence-corrected chi connectivity index (χ4v) is 12.2. The zero-order valence-corrected chi connectivity index (χ0v) is 66.0. The Balaban J connectivity index is 5.42. The van der Waals surface area contributed by atoms with Crippen LogP contribution >= 0.6 is 15.6 Å². The van der Waals surface area contributed by atoms with Crippen LogP contribution in [0.4, 0.5) is 0 Å². The van der Waals surface area contributed by atoms with Crippen molar-refractivity contribution in [2.75, 3.05) is 39.6 Å². The maximum absolute atomic E-state index is 13.1. The van der Waals surface area contributed by atoms with E-state index in [0.29, 0.717) is 32.1 Å². The average molecular weight is 1480 g/mol. The number of hydrogen-bond acceptors (Lipinski definition) is 15. The first kappa shape index (κ1) is 97.7. The van der Waals surface area contributed by atoms with Gasteiger partial charge in [-0.2, -0.15) is 0 Å². The molecule has 2 unspecified atom stereocenters. The van der Waals surface area contributed by atoms with Crippen molar-refractivity contribution < 1.29 is 80.2 Å². The highest BCUT2D eigenvalue weighted by molar-refractivity contribution is 7.47. The number of carbonyl (C=O) groups excluding carboxylic acids is 4. The maximum atomic E-state index is 13.1. The lowest BCUT2D eigenvalue weighted by Gasteiger charge is -2.21. The van der Waals surface area contributed by atoms with Crippen molar-refractivity contribution in [2.24, 2.45) is 0 Å². The van der Waals surface area contributed by atoms with Gasteiger partial charge < -0.3 is 33.8 Å². The molecule has 0 saturated carbocycles. The van der Waals surface area contributed by atoms with Crippen LogP contribution < -0.4 is 0 Å². The van der Waals surface area contributed by atoms with E-state index in [0.717, 1.165) is 161 Å². The van der Waals surface area contributed by atoms with Crippen LogP contribution in [-0.2, 0) is 65.4 Å². The molecular weight excluding hydrogens is 1330 g/mol. The molecule has 0 aliphatic rings. The molecule has 19 heteroatoms. The third-order valence-corrected chi connectivity index (χ3v) is 18.6. The van der Waals surface area contributed by atoms with Crippen LogP contribution in [0.5, 0.6) is 0 Å². The molecule has 0 fully saturated rings. The predicted octanol–water partition coefficient (Wildman–Crippen LogP) is 23.3. The van der Waals surface area contributed by atoms with Crippen molar-refractivity contribution >= 4 is 39.5 Å². The summed E-state index contributed by atoms with van der Waals surface area (Å²) in [4.78, 5) is 73.0. The lowest BCUT2D eigenvalue weighted by atomic mass is 10.1. The molecular formula is C83H144O17P2. The highest BCUT2D eigenvalue weighted by Gasteiger charge is 2.30. The van der Waals surface area contributed by atoms with E-state index in [-0.39, 0.29) is 25.7 Å². The third kappa shape index (κ3) is 74.0. The molecule has 588 valence electrons. The fraction of sp³-hybridized carbons (Fsp3) is 0.735. The van der Waals surface area contributed by atoms with Gasteiger partial charge in [-0.05, 0) is 141 Å². The molecule has 0 heterocycles. The predicted molar refractivity (Wildman–Crippen MR) is 418 cm³/mol. The SMILES string of the molecule is CC/C=C\C/C=C\C/C=C\C/C=C\C/C=C\C/C=C\CCC(=O)O[C@H](COC(=O)CCCCCCC/C=C\CCCCCC)COP(=O)(O)OC[C@H](O)COP(=O)(O)OC[C@@H](COC(=O)CCCCCCCCC/C=C\CCCCCC)OC(=O)CCCCCCCCC/C=C\CCCCCC. The number of aliphatic hydroxyl groups excluding tert-OH is 1. The lowest BCUT2D eigenvalue weighted by Crippen LogP contribution is -2.30. The van der Waals surface area contributed by atoms with Gasteiger partial charge in [0, 0.05) is 25.7 Å². The fourth-order valence-electron chi connectivity index (χ4n) is 10.6. The third-order valence-electron chi connectivity index (χ3n) is 16.7. The monoisotopic (exact) mass is 1470 g/mol. The van der Waals surface area contributed by atoms with Gasteiger partial charge in [0.1, 0.15) is 19.3 Å². The van der Waals surface area contributed by atoms with Gasteiger partial charge in [-0.25, -0.2) is 9.13 Å². The summed E-state index contributed by atoms with van der Waals surface area (Å²) in [7, 11) is -9.98. The molecule has 0 aromatic rings. The van der Waals surface area contributed by atoms with Crippen LogP contribution in [0.1, 0.15) is 336 Å². The number of esters is 4. The van der Waals surface area contributed by atoms with Crippen LogP contribution in [0.25, 0.3) is 0 Å². The molecule has 3 N–H and O–H groups in total. The minimum Gasteiger partial charge on any atom is -0.462 e. The molecule has 0 spiro atoms. The quantitative estimate of drug-likeness (QED) is 0.0169. The second kappa shape index (κ2) is 75.0. The van der Waals surface area contributed by atoms with Crippen molar-refractivity contribution in [1.29, 1.82) is 0 Å². The number of ether oxygens (including phenoxy) is 4. The van der Waals surface area contributed by atoms with Gasteiger partial charge in [0.2, 0.25) is 0 Å². The Kier molecular flexibility index (Phi) is 71.8. The smallest absolute Gasteiger partial charge is 0.462 e. The number of rotatable bonds is 75. The second-order valence-corrected chi connectivity index (χ2v) is 29.5. The van der Waals surface area contributed by atoms with Crippen molar-refractivity contribution in [2.45, 2.75) is 354 Å². The first-order valence-corrected chi connectivity index (χ1v) is 43.1. The van der Waals surface area contributed by atoms with Crippen LogP contribution in [0.2, 0.25) is 0 Å². The Morgan fingerprint density at radius 3 is 0.843 bits per heavy atom.